The van der Waals surface area contributed by atoms with E-state index in [1.807, 2.05) is 21.1 Å². The third kappa shape index (κ3) is 73.5. The second-order valence-electron chi connectivity index (χ2n) is 25.9. The van der Waals surface area contributed by atoms with Crippen molar-refractivity contribution in [2.75, 3.05) is 47.5 Å². The van der Waals surface area contributed by atoms with Gasteiger partial charge in [-0.2, -0.15) is 0 Å². The van der Waals surface area contributed by atoms with E-state index < -0.39 is 26.5 Å². The second-order valence-corrected chi connectivity index (χ2v) is 27.4. The molecule has 0 amide bonds. The van der Waals surface area contributed by atoms with Crippen molar-refractivity contribution in [1.29, 1.82) is 0 Å². The molecule has 0 aliphatic heterocycles. The number of phosphoric ester groups is 1. The normalized spacial score (nSPS) is 13.8. The summed E-state index contributed by atoms with van der Waals surface area (Å²) in [6.07, 6.45) is 100. The van der Waals surface area contributed by atoms with Gasteiger partial charge < -0.3 is 18.9 Å². The second kappa shape index (κ2) is 69.7. The number of hydrogen-bond donors (Lipinski definition) is 1. The lowest BCUT2D eigenvalue weighted by Crippen LogP contribution is -2.37. The van der Waals surface area contributed by atoms with E-state index in [1.165, 1.54) is 186 Å². The van der Waals surface area contributed by atoms with Crippen LogP contribution in [0.4, 0.5) is 0 Å². The van der Waals surface area contributed by atoms with Crippen LogP contribution in [0.25, 0.3) is 0 Å². The van der Waals surface area contributed by atoms with Crippen LogP contribution in [0.2, 0.25) is 0 Å². The molecule has 0 saturated carbocycles. The van der Waals surface area contributed by atoms with Crippen LogP contribution in [-0.4, -0.2) is 74.9 Å². The van der Waals surface area contributed by atoms with E-state index in [4.69, 9.17) is 18.5 Å². The Labute approximate surface area is 556 Å². The molecule has 0 aromatic heterocycles. The summed E-state index contributed by atoms with van der Waals surface area (Å²) in [5, 5.41) is 0. The number of likely N-dealkylation sites (N-methyl/N-ethyl adjacent to an activating group) is 1. The van der Waals surface area contributed by atoms with Gasteiger partial charge in [-0.1, -0.05) is 328 Å². The van der Waals surface area contributed by atoms with Crippen molar-refractivity contribution in [1.82, 2.24) is 0 Å². The Balaban J connectivity index is 4.00. The molecule has 90 heavy (non-hydrogen) atoms. The van der Waals surface area contributed by atoms with Crippen molar-refractivity contribution >= 4 is 19.8 Å². The molecule has 0 radical (unpaired) electrons. The maximum absolute atomic E-state index is 12.9. The molecule has 2 unspecified atom stereocenters. The number of hydrogen-bond acceptors (Lipinski definition) is 7. The zero-order valence-electron chi connectivity index (χ0n) is 59.1. The summed E-state index contributed by atoms with van der Waals surface area (Å²) >= 11 is 0. The standard InChI is InChI=1S/C80H140NO8P/c1-6-8-10-12-14-16-18-20-22-24-26-28-30-32-34-36-38-39-40-41-43-45-47-49-51-53-55-57-59-61-63-65-67-69-71-73-80(83)89-78(77-88-90(84,85)87-75-74-81(3,4)5)76-86-79(82)72-70-68-66-64-62-60-58-56-54-52-50-48-46-44-42-37-35-33-31-29-27-25-23-21-19-17-15-13-11-9-7-2/h8-11,14-17,20-23,26-29,32,34,38-39,78H,6-7,12-13,18-19,24-25,30-31,33,35-37,40-77H2,1-5H3/p+1/b10-8-,11-9-,16-14-,17-15-,22-20-,23-21-,28-26-,29-27-,34-32-,39-38-. The first-order valence-corrected chi connectivity index (χ1v) is 38.8. The maximum atomic E-state index is 12.9. The van der Waals surface area contributed by atoms with E-state index in [1.54, 1.807) is 0 Å². The molecule has 0 aliphatic carbocycles. The minimum Gasteiger partial charge on any atom is -0.462 e. The summed E-state index contributed by atoms with van der Waals surface area (Å²) in [5.41, 5.74) is 0. The maximum Gasteiger partial charge on any atom is 0.472 e. The Bertz CT molecular complexity index is 1940. The van der Waals surface area contributed by atoms with Crippen molar-refractivity contribution in [3.05, 3.63) is 122 Å². The molecule has 0 heterocycles. The molecule has 2 atom stereocenters. The molecule has 0 aromatic carbocycles. The number of ether oxygens (including phenoxy) is 2. The van der Waals surface area contributed by atoms with Crippen LogP contribution in [-0.2, 0) is 32.7 Å². The van der Waals surface area contributed by atoms with Gasteiger partial charge in [0, 0.05) is 12.8 Å². The Kier molecular flexibility index (Phi) is 67.0. The molecule has 0 aromatic rings. The fourth-order valence-corrected chi connectivity index (χ4v) is 11.1. The minimum atomic E-state index is -4.40. The monoisotopic (exact) mass is 1280 g/mol. The first-order chi connectivity index (χ1) is 44.0. The molecule has 0 fully saturated rings. The quantitative estimate of drug-likeness (QED) is 0.0211. The third-order valence-corrected chi connectivity index (χ3v) is 17.0. The van der Waals surface area contributed by atoms with Crippen molar-refractivity contribution in [3.8, 4) is 0 Å². The number of esters is 2. The van der Waals surface area contributed by atoms with Crippen LogP contribution in [0, 0.1) is 0 Å². The topological polar surface area (TPSA) is 108 Å². The van der Waals surface area contributed by atoms with E-state index in [9.17, 15) is 19.0 Å². The van der Waals surface area contributed by atoms with E-state index in [-0.39, 0.29) is 32.0 Å². The van der Waals surface area contributed by atoms with Crippen LogP contribution >= 0.6 is 7.82 Å². The fourth-order valence-electron chi connectivity index (χ4n) is 10.4. The van der Waals surface area contributed by atoms with Gasteiger partial charge >= 0.3 is 19.8 Å². The lowest BCUT2D eigenvalue weighted by atomic mass is 10.0. The Morgan fingerprint density at radius 1 is 0.344 bits per heavy atom. The lowest BCUT2D eigenvalue weighted by Gasteiger charge is -2.24. The zero-order valence-corrected chi connectivity index (χ0v) is 60.0. The Morgan fingerprint density at radius 2 is 0.600 bits per heavy atom. The summed E-state index contributed by atoms with van der Waals surface area (Å²) in [5.74, 6) is -0.788. The highest BCUT2D eigenvalue weighted by Gasteiger charge is 2.27. The number of unbranched alkanes of at least 4 members (excludes halogenated alkanes) is 34. The number of carbonyl (C=O) groups is 2. The molecule has 10 heteroatoms. The van der Waals surface area contributed by atoms with Gasteiger partial charge in [-0.25, -0.2) is 4.57 Å². The van der Waals surface area contributed by atoms with Gasteiger partial charge in [0.15, 0.2) is 6.10 Å². The number of rotatable bonds is 68. The van der Waals surface area contributed by atoms with Gasteiger partial charge in [0.1, 0.15) is 19.8 Å². The van der Waals surface area contributed by atoms with Crippen LogP contribution < -0.4 is 0 Å². The molecule has 0 bridgehead atoms. The molecule has 0 saturated heterocycles. The fraction of sp³-hybridized carbons (Fsp3) is 0.725. The van der Waals surface area contributed by atoms with Gasteiger partial charge in [-0.15, -0.1) is 0 Å². The van der Waals surface area contributed by atoms with Crippen LogP contribution in [0.15, 0.2) is 122 Å². The first-order valence-electron chi connectivity index (χ1n) is 37.3. The molecular weight excluding hydrogens is 1130 g/mol. The Hall–Kier alpha value is -3.59. The number of phosphoric acid groups is 1. The Morgan fingerprint density at radius 3 is 0.889 bits per heavy atom. The van der Waals surface area contributed by atoms with Crippen molar-refractivity contribution in [2.24, 2.45) is 0 Å². The van der Waals surface area contributed by atoms with E-state index in [0.717, 1.165) is 103 Å². The summed E-state index contributed by atoms with van der Waals surface area (Å²) in [6, 6.07) is 0. The van der Waals surface area contributed by atoms with Gasteiger partial charge in [0.25, 0.3) is 0 Å². The summed E-state index contributed by atoms with van der Waals surface area (Å²) in [7, 11) is 1.48. The predicted molar refractivity (Wildman–Crippen MR) is 390 cm³/mol. The number of nitrogens with zero attached hydrogens (tertiary/aromatic N) is 1. The van der Waals surface area contributed by atoms with E-state index >= 15 is 0 Å². The smallest absolute Gasteiger partial charge is 0.462 e. The van der Waals surface area contributed by atoms with Gasteiger partial charge in [-0.3, -0.25) is 18.6 Å². The molecular formula is C80H141NO8P+. The summed E-state index contributed by atoms with van der Waals surface area (Å²) in [4.78, 5) is 35.9. The highest BCUT2D eigenvalue weighted by Crippen LogP contribution is 2.43. The van der Waals surface area contributed by atoms with Gasteiger partial charge in [0.2, 0.25) is 0 Å². The van der Waals surface area contributed by atoms with Gasteiger partial charge in [0.05, 0.1) is 27.7 Å². The van der Waals surface area contributed by atoms with Crippen molar-refractivity contribution in [3.63, 3.8) is 0 Å². The minimum absolute atomic E-state index is 0.0293. The predicted octanol–water partition coefficient (Wildman–Crippen LogP) is 24.6. The number of carbonyl (C=O) groups excluding carboxylic acids is 2. The van der Waals surface area contributed by atoms with Crippen LogP contribution in [0.1, 0.15) is 322 Å². The first kappa shape index (κ1) is 86.4. The van der Waals surface area contributed by atoms with Crippen LogP contribution in [0.5, 0.6) is 0 Å². The summed E-state index contributed by atoms with van der Waals surface area (Å²) in [6.45, 7) is 4.24. The molecule has 9 nitrogen and oxygen atoms in total. The molecule has 0 aliphatic rings. The number of allylic oxidation sites excluding steroid dienone is 20. The number of quaternary nitrogens is 1. The molecule has 1 N–H and O–H groups in total. The molecule has 0 spiro atoms. The van der Waals surface area contributed by atoms with Crippen molar-refractivity contribution < 1.29 is 42.1 Å². The zero-order chi connectivity index (χ0) is 65.5. The average Bonchev–Trinajstić information content (AvgIpc) is 3.61. The largest absolute Gasteiger partial charge is 0.472 e. The molecule has 518 valence electrons. The SMILES string of the molecule is CC/C=C\C/C=C\C/C=C\C/C=C\C/C=C\C/C=C\CCCCCCCCCCCCCCCCCCC(=O)OC(COC(=O)CCCCCCCCCCCCCCCCCCCC/C=C\C/C=C\C/C=C\C/C=C\CC)COP(=O)(O)OCC[N+](C)(C)C. The van der Waals surface area contributed by atoms with Crippen molar-refractivity contribution in [2.45, 2.75) is 328 Å². The molecule has 0 rings (SSSR count). The van der Waals surface area contributed by atoms with Gasteiger partial charge in [-0.05, 0) is 103 Å². The van der Waals surface area contributed by atoms with E-state index in [2.05, 4.69) is 135 Å². The third-order valence-electron chi connectivity index (χ3n) is 16.0. The lowest BCUT2D eigenvalue weighted by molar-refractivity contribution is -0.870. The van der Waals surface area contributed by atoms with Crippen LogP contribution in [0.3, 0.4) is 0 Å². The highest BCUT2D eigenvalue weighted by molar-refractivity contribution is 7.47. The summed E-state index contributed by atoms with van der Waals surface area (Å²) < 4.78 is 34.8. The van der Waals surface area contributed by atoms with E-state index in [0.29, 0.717) is 17.4 Å². The average molecular weight is 1280 g/mol. The highest BCUT2D eigenvalue weighted by atomic mass is 31.2.